The number of nitrogens with one attached hydrogen (secondary N) is 1. The fraction of sp³-hybridized carbons (Fsp3) is 0.750. The summed E-state index contributed by atoms with van der Waals surface area (Å²) in [6.45, 7) is 4.11. The zero-order valence-electron chi connectivity index (χ0n) is 12.8. The van der Waals surface area contributed by atoms with E-state index < -0.39 is 0 Å². The minimum Gasteiger partial charge on any atom is -0.304 e. The van der Waals surface area contributed by atoms with Crippen molar-refractivity contribution < 1.29 is 4.79 Å². The normalized spacial score (nSPS) is 29.4. The van der Waals surface area contributed by atoms with E-state index in [9.17, 15) is 4.79 Å². The van der Waals surface area contributed by atoms with Gasteiger partial charge in [0.25, 0.3) is 0 Å². The second-order valence-electron chi connectivity index (χ2n) is 6.69. The number of carbonyl (C=O) groups excluding carboxylic acids is 1. The number of hydrogen-bond donors (Lipinski definition) is 1. The third-order valence-corrected chi connectivity index (χ3v) is 5.52. The van der Waals surface area contributed by atoms with Crippen LogP contribution >= 0.6 is 15.9 Å². The first-order valence-corrected chi connectivity index (χ1v) is 8.90. The fourth-order valence-corrected chi connectivity index (χ4v) is 4.30. The van der Waals surface area contributed by atoms with Crippen LogP contribution in [-0.2, 0) is 0 Å². The lowest BCUT2D eigenvalue weighted by atomic mass is 9.77. The van der Waals surface area contributed by atoms with Crippen molar-refractivity contribution in [1.82, 2.24) is 15.1 Å². The van der Waals surface area contributed by atoms with Gasteiger partial charge in [0, 0.05) is 12.1 Å². The lowest BCUT2D eigenvalue weighted by Gasteiger charge is -2.40. The highest BCUT2D eigenvalue weighted by Crippen LogP contribution is 2.33. The molecule has 5 heteroatoms. The molecular formula is C16H24BrN3O. The number of ketones is 1. The Morgan fingerprint density at radius 3 is 2.86 bits per heavy atom. The third-order valence-electron chi connectivity index (χ3n) is 4.94. The molecule has 116 valence electrons. The molecule has 4 nitrogen and oxygen atoms in total. The molecule has 0 radical (unpaired) electrons. The molecule has 0 aromatic carbocycles. The van der Waals surface area contributed by atoms with E-state index >= 15 is 0 Å². The van der Waals surface area contributed by atoms with E-state index in [0.29, 0.717) is 6.04 Å². The molecular weight excluding hydrogens is 330 g/mol. The molecule has 1 saturated heterocycles. The Hall–Kier alpha value is -0.680. The number of rotatable bonds is 3. The van der Waals surface area contributed by atoms with Crippen molar-refractivity contribution >= 4 is 21.7 Å². The molecule has 1 saturated carbocycles. The topological polar surface area (TPSA) is 46.9 Å². The highest BCUT2D eigenvalue weighted by Gasteiger charge is 2.36. The zero-order chi connectivity index (χ0) is 15.0. The Kier molecular flexibility index (Phi) is 4.50. The summed E-state index contributed by atoms with van der Waals surface area (Å²) < 4.78 is 2.65. The molecule has 2 aliphatic rings. The Labute approximate surface area is 134 Å². The van der Waals surface area contributed by atoms with E-state index in [4.69, 9.17) is 0 Å². The molecule has 1 aliphatic heterocycles. The summed E-state index contributed by atoms with van der Waals surface area (Å²) in [5.74, 6) is 0.971. The van der Waals surface area contributed by atoms with Gasteiger partial charge in [0.1, 0.15) is 5.69 Å². The number of Topliss-reactive ketones (excluding diaryl/α,β-unsaturated/α-hetero) is 1. The number of nitrogens with zero attached hydrogens (tertiary/aromatic N) is 2. The molecule has 0 amide bonds. The molecule has 21 heavy (non-hydrogen) atoms. The maximum atomic E-state index is 12.9. The van der Waals surface area contributed by atoms with E-state index in [-0.39, 0.29) is 17.9 Å². The van der Waals surface area contributed by atoms with Gasteiger partial charge in [-0.25, -0.2) is 0 Å². The molecule has 0 bridgehead atoms. The van der Waals surface area contributed by atoms with Gasteiger partial charge < -0.3 is 5.32 Å². The molecule has 1 N–H and O–H groups in total. The van der Waals surface area contributed by atoms with Crippen LogP contribution in [0.15, 0.2) is 10.7 Å². The summed E-state index contributed by atoms with van der Waals surface area (Å²) >= 11 is 3.49. The van der Waals surface area contributed by atoms with Crippen molar-refractivity contribution in [2.75, 3.05) is 0 Å². The van der Waals surface area contributed by atoms with Crippen LogP contribution in [-0.4, -0.2) is 27.6 Å². The molecule has 3 unspecified atom stereocenters. The number of piperidine rings is 1. The predicted molar refractivity (Wildman–Crippen MR) is 86.5 cm³/mol. The van der Waals surface area contributed by atoms with Gasteiger partial charge in [0.2, 0.25) is 0 Å². The molecule has 1 aromatic heterocycles. The van der Waals surface area contributed by atoms with Crippen molar-refractivity contribution in [3.63, 3.8) is 0 Å². The van der Waals surface area contributed by atoms with Crippen LogP contribution in [0.1, 0.15) is 68.9 Å². The van der Waals surface area contributed by atoms with Crippen molar-refractivity contribution in [2.45, 2.75) is 70.5 Å². The van der Waals surface area contributed by atoms with E-state index in [1.54, 1.807) is 6.20 Å². The number of hydrogen-bond acceptors (Lipinski definition) is 3. The first-order chi connectivity index (χ1) is 10.1. The largest absolute Gasteiger partial charge is 0.304 e. The SMILES string of the molecule is CC(C)n1ncc(Br)c1C(=O)C1CCC2CCCCC2N1. The van der Waals surface area contributed by atoms with Crippen molar-refractivity contribution in [2.24, 2.45) is 5.92 Å². The van der Waals surface area contributed by atoms with Crippen LogP contribution in [0.5, 0.6) is 0 Å². The smallest absolute Gasteiger partial charge is 0.198 e. The summed E-state index contributed by atoms with van der Waals surface area (Å²) in [5, 5.41) is 7.96. The molecule has 0 spiro atoms. The average Bonchev–Trinajstić information content (AvgIpc) is 2.88. The average molecular weight is 354 g/mol. The maximum Gasteiger partial charge on any atom is 0.198 e. The summed E-state index contributed by atoms with van der Waals surface area (Å²) in [7, 11) is 0. The Bertz CT molecular complexity index is 526. The lowest BCUT2D eigenvalue weighted by molar-refractivity contribution is 0.0848. The summed E-state index contributed by atoms with van der Waals surface area (Å²) in [6.07, 6.45) is 9.07. The van der Waals surface area contributed by atoms with Crippen LogP contribution < -0.4 is 5.32 Å². The number of carbonyl (C=O) groups is 1. The lowest BCUT2D eigenvalue weighted by Crippen LogP contribution is -2.52. The molecule has 3 atom stereocenters. The highest BCUT2D eigenvalue weighted by atomic mass is 79.9. The molecule has 2 heterocycles. The maximum absolute atomic E-state index is 12.9. The summed E-state index contributed by atoms with van der Waals surface area (Å²) in [4.78, 5) is 12.9. The quantitative estimate of drug-likeness (QED) is 0.842. The Morgan fingerprint density at radius 2 is 2.10 bits per heavy atom. The van der Waals surface area contributed by atoms with Gasteiger partial charge in [0.05, 0.1) is 16.7 Å². The number of halogens is 1. The van der Waals surface area contributed by atoms with Gasteiger partial charge in [0.15, 0.2) is 5.78 Å². The minimum absolute atomic E-state index is 0.0464. The second kappa shape index (κ2) is 6.21. The van der Waals surface area contributed by atoms with Gasteiger partial charge in [-0.3, -0.25) is 9.48 Å². The predicted octanol–water partition coefficient (Wildman–Crippen LogP) is 3.72. The van der Waals surface area contributed by atoms with Gasteiger partial charge >= 0.3 is 0 Å². The summed E-state index contributed by atoms with van der Waals surface area (Å²) in [5.41, 5.74) is 0.719. The first kappa shape index (κ1) is 15.2. The van der Waals surface area contributed by atoms with E-state index in [2.05, 4.69) is 40.2 Å². The zero-order valence-corrected chi connectivity index (χ0v) is 14.4. The highest BCUT2D eigenvalue weighted by molar-refractivity contribution is 9.10. The summed E-state index contributed by atoms with van der Waals surface area (Å²) in [6, 6.07) is 0.687. The molecule has 2 fully saturated rings. The number of aromatic nitrogens is 2. The van der Waals surface area contributed by atoms with E-state index in [0.717, 1.165) is 22.5 Å². The van der Waals surface area contributed by atoms with Crippen LogP contribution in [0, 0.1) is 5.92 Å². The van der Waals surface area contributed by atoms with Crippen LogP contribution in [0.4, 0.5) is 0 Å². The van der Waals surface area contributed by atoms with Crippen molar-refractivity contribution in [1.29, 1.82) is 0 Å². The second-order valence-corrected chi connectivity index (χ2v) is 7.55. The van der Waals surface area contributed by atoms with Gasteiger partial charge in [-0.15, -0.1) is 0 Å². The monoisotopic (exact) mass is 353 g/mol. The van der Waals surface area contributed by atoms with Crippen LogP contribution in [0.2, 0.25) is 0 Å². The van der Waals surface area contributed by atoms with Gasteiger partial charge in [-0.05, 0) is 61.4 Å². The van der Waals surface area contributed by atoms with E-state index in [1.807, 2.05) is 4.68 Å². The van der Waals surface area contributed by atoms with Gasteiger partial charge in [-0.2, -0.15) is 5.10 Å². The number of fused-ring (bicyclic) bond motifs is 1. The first-order valence-electron chi connectivity index (χ1n) is 8.11. The van der Waals surface area contributed by atoms with Gasteiger partial charge in [-0.1, -0.05) is 12.8 Å². The van der Waals surface area contributed by atoms with Crippen molar-refractivity contribution in [3.05, 3.63) is 16.4 Å². The fourth-order valence-electron chi connectivity index (χ4n) is 3.83. The molecule has 3 rings (SSSR count). The van der Waals surface area contributed by atoms with Crippen LogP contribution in [0.25, 0.3) is 0 Å². The van der Waals surface area contributed by atoms with Crippen LogP contribution in [0.3, 0.4) is 0 Å². The molecule has 1 aliphatic carbocycles. The molecule has 1 aromatic rings. The standard InChI is InChI=1S/C16H24BrN3O/c1-10(2)20-15(12(17)9-18-20)16(21)14-8-7-11-5-3-4-6-13(11)19-14/h9-11,13-14,19H,3-8H2,1-2H3. The minimum atomic E-state index is -0.0464. The van der Waals surface area contributed by atoms with Crippen molar-refractivity contribution in [3.8, 4) is 0 Å². The van der Waals surface area contributed by atoms with E-state index in [1.165, 1.54) is 32.1 Å². The Morgan fingerprint density at radius 1 is 1.33 bits per heavy atom. The third kappa shape index (κ3) is 2.95. The Balaban J connectivity index is 1.78.